The number of nitrogens with one attached hydrogen (secondary N) is 1. The van der Waals surface area contributed by atoms with Gasteiger partial charge in [-0.05, 0) is 24.5 Å². The third-order valence-electron chi connectivity index (χ3n) is 4.71. The van der Waals surface area contributed by atoms with Gasteiger partial charge in [0.2, 0.25) is 5.91 Å². The molecule has 0 aliphatic carbocycles. The van der Waals surface area contributed by atoms with Crippen molar-refractivity contribution in [3.63, 3.8) is 0 Å². The van der Waals surface area contributed by atoms with Gasteiger partial charge in [-0.1, -0.05) is 6.07 Å². The van der Waals surface area contributed by atoms with E-state index in [2.05, 4.69) is 21.3 Å². The number of hydroxylamine groups is 2. The predicted octanol–water partition coefficient (Wildman–Crippen LogP) is 0.989. The van der Waals surface area contributed by atoms with Crippen molar-refractivity contribution < 1.29 is 14.4 Å². The van der Waals surface area contributed by atoms with E-state index in [0.29, 0.717) is 19.5 Å². The minimum Gasteiger partial charge on any atom is -0.379 e. The molecule has 7 heteroatoms. The van der Waals surface area contributed by atoms with Crippen LogP contribution in [0.1, 0.15) is 30.9 Å². The van der Waals surface area contributed by atoms with E-state index in [1.807, 2.05) is 17.3 Å². The third kappa shape index (κ3) is 5.74. The topological polar surface area (TPSA) is 66.9 Å². The number of hydrogen-bond donors (Lipinski definition) is 1. The number of rotatable bonds is 7. The molecule has 0 saturated carbocycles. The van der Waals surface area contributed by atoms with Gasteiger partial charge in [-0.25, -0.2) is 0 Å². The molecule has 0 bridgehead atoms. The van der Waals surface area contributed by atoms with Crippen LogP contribution in [0.2, 0.25) is 0 Å². The molecule has 7 nitrogen and oxygen atoms in total. The number of carbonyl (C=O) groups excluding carboxylic acids is 1. The maximum Gasteiger partial charge on any atom is 0.221 e. The van der Waals surface area contributed by atoms with Crippen LogP contribution in [0.25, 0.3) is 0 Å². The molecule has 1 atom stereocenters. The fourth-order valence-corrected chi connectivity index (χ4v) is 3.27. The van der Waals surface area contributed by atoms with E-state index < -0.39 is 0 Å². The SMILES string of the molecule is O=C(CCN1CCCCO1)NC[C@H](c1cccnc1)N1CCOCC1. The molecule has 3 heterocycles. The number of ether oxygens (including phenoxy) is 1. The number of pyridine rings is 1. The van der Waals surface area contributed by atoms with Crippen LogP contribution in [0, 0.1) is 0 Å². The highest BCUT2D eigenvalue weighted by Crippen LogP contribution is 2.20. The molecule has 1 amide bonds. The highest BCUT2D eigenvalue weighted by atomic mass is 16.7. The molecule has 2 aliphatic heterocycles. The first-order chi connectivity index (χ1) is 12.3. The zero-order valence-electron chi connectivity index (χ0n) is 14.7. The normalized spacial score (nSPS) is 21.0. The summed E-state index contributed by atoms with van der Waals surface area (Å²) >= 11 is 0. The Morgan fingerprint density at radius 3 is 2.84 bits per heavy atom. The molecular weight excluding hydrogens is 320 g/mol. The summed E-state index contributed by atoms with van der Waals surface area (Å²) in [5.41, 5.74) is 1.13. The molecule has 0 aromatic carbocycles. The number of carbonyl (C=O) groups is 1. The summed E-state index contributed by atoms with van der Waals surface area (Å²) in [6.07, 6.45) is 6.37. The fourth-order valence-electron chi connectivity index (χ4n) is 3.27. The lowest BCUT2D eigenvalue weighted by molar-refractivity contribution is -0.181. The van der Waals surface area contributed by atoms with Crippen molar-refractivity contribution in [2.45, 2.75) is 25.3 Å². The first kappa shape index (κ1) is 18.3. The van der Waals surface area contributed by atoms with E-state index in [9.17, 15) is 4.79 Å². The number of aromatic nitrogens is 1. The zero-order chi connectivity index (χ0) is 17.3. The van der Waals surface area contributed by atoms with Crippen molar-refractivity contribution in [1.82, 2.24) is 20.3 Å². The third-order valence-corrected chi connectivity index (χ3v) is 4.71. The number of hydrogen-bond acceptors (Lipinski definition) is 6. The van der Waals surface area contributed by atoms with Crippen molar-refractivity contribution in [3.05, 3.63) is 30.1 Å². The van der Waals surface area contributed by atoms with Gasteiger partial charge in [0.15, 0.2) is 0 Å². The molecule has 0 unspecified atom stereocenters. The summed E-state index contributed by atoms with van der Waals surface area (Å²) in [7, 11) is 0. The average molecular weight is 348 g/mol. The summed E-state index contributed by atoms with van der Waals surface area (Å²) in [6, 6.07) is 4.15. The standard InChI is InChI=1S/C18H28N4O3/c23-18(5-8-22-7-1-2-11-25-22)20-15-17(16-4-3-6-19-14-16)21-9-12-24-13-10-21/h3-4,6,14,17H,1-2,5,7-13,15H2,(H,20,23)/t17-/m1/s1. The van der Waals surface area contributed by atoms with Crippen LogP contribution in [-0.4, -0.2) is 73.4 Å². The Hall–Kier alpha value is -1.54. The molecule has 2 fully saturated rings. The lowest BCUT2D eigenvalue weighted by Crippen LogP contribution is -2.44. The molecule has 0 radical (unpaired) electrons. The Bertz CT molecular complexity index is 516. The van der Waals surface area contributed by atoms with Gasteiger partial charge >= 0.3 is 0 Å². The maximum absolute atomic E-state index is 12.3. The van der Waals surface area contributed by atoms with E-state index in [0.717, 1.165) is 57.9 Å². The van der Waals surface area contributed by atoms with Crippen molar-refractivity contribution in [3.8, 4) is 0 Å². The molecule has 2 saturated heterocycles. The highest BCUT2D eigenvalue weighted by molar-refractivity contribution is 5.76. The van der Waals surface area contributed by atoms with Gasteiger partial charge in [0.1, 0.15) is 0 Å². The van der Waals surface area contributed by atoms with Crippen LogP contribution >= 0.6 is 0 Å². The van der Waals surface area contributed by atoms with Gasteiger partial charge in [-0.2, -0.15) is 5.06 Å². The Labute approximate surface area is 149 Å². The van der Waals surface area contributed by atoms with E-state index in [4.69, 9.17) is 9.57 Å². The Morgan fingerprint density at radius 1 is 1.24 bits per heavy atom. The molecule has 138 valence electrons. The molecule has 1 aromatic heterocycles. The van der Waals surface area contributed by atoms with E-state index >= 15 is 0 Å². The van der Waals surface area contributed by atoms with Gasteiger partial charge < -0.3 is 10.1 Å². The van der Waals surface area contributed by atoms with E-state index in [1.165, 1.54) is 0 Å². The first-order valence-electron chi connectivity index (χ1n) is 9.19. The number of morpholine rings is 1. The van der Waals surface area contributed by atoms with Gasteiger partial charge in [0, 0.05) is 51.5 Å². The Kier molecular flexibility index (Phi) is 7.17. The van der Waals surface area contributed by atoms with Crippen LogP contribution in [0.4, 0.5) is 0 Å². The summed E-state index contributed by atoms with van der Waals surface area (Å²) in [6.45, 7) is 6.13. The minimum atomic E-state index is 0.0660. The minimum absolute atomic E-state index is 0.0660. The van der Waals surface area contributed by atoms with Crippen LogP contribution in [0.5, 0.6) is 0 Å². The lowest BCUT2D eigenvalue weighted by atomic mass is 10.1. The van der Waals surface area contributed by atoms with E-state index in [1.54, 1.807) is 6.20 Å². The molecule has 1 aromatic rings. The summed E-state index contributed by atoms with van der Waals surface area (Å²) < 4.78 is 5.45. The zero-order valence-corrected chi connectivity index (χ0v) is 14.7. The molecular formula is C18H28N4O3. The largest absolute Gasteiger partial charge is 0.379 e. The Morgan fingerprint density at radius 2 is 2.12 bits per heavy atom. The van der Waals surface area contributed by atoms with Gasteiger partial charge in [0.25, 0.3) is 0 Å². The quantitative estimate of drug-likeness (QED) is 0.793. The van der Waals surface area contributed by atoms with Gasteiger partial charge in [-0.3, -0.25) is 19.5 Å². The average Bonchev–Trinajstić information content (AvgIpc) is 2.69. The van der Waals surface area contributed by atoms with Crippen LogP contribution < -0.4 is 5.32 Å². The molecule has 25 heavy (non-hydrogen) atoms. The molecule has 0 spiro atoms. The number of nitrogens with zero attached hydrogens (tertiary/aromatic N) is 3. The fraction of sp³-hybridized carbons (Fsp3) is 0.667. The summed E-state index contributed by atoms with van der Waals surface area (Å²) in [4.78, 5) is 24.4. The van der Waals surface area contributed by atoms with Crippen molar-refractivity contribution in [2.75, 3.05) is 52.5 Å². The molecule has 3 rings (SSSR count). The number of amides is 1. The van der Waals surface area contributed by atoms with Crippen LogP contribution in [0.3, 0.4) is 0 Å². The van der Waals surface area contributed by atoms with Crippen LogP contribution in [-0.2, 0) is 14.4 Å². The highest BCUT2D eigenvalue weighted by Gasteiger charge is 2.23. The summed E-state index contributed by atoms with van der Waals surface area (Å²) in [5, 5.41) is 4.99. The second-order valence-corrected chi connectivity index (χ2v) is 6.47. The van der Waals surface area contributed by atoms with Gasteiger partial charge in [0.05, 0.1) is 25.9 Å². The van der Waals surface area contributed by atoms with Crippen LogP contribution in [0.15, 0.2) is 24.5 Å². The smallest absolute Gasteiger partial charge is 0.221 e. The molecule has 1 N–H and O–H groups in total. The van der Waals surface area contributed by atoms with Crippen molar-refractivity contribution >= 4 is 5.91 Å². The second-order valence-electron chi connectivity index (χ2n) is 6.47. The van der Waals surface area contributed by atoms with Crippen molar-refractivity contribution in [1.29, 1.82) is 0 Å². The first-order valence-corrected chi connectivity index (χ1v) is 9.19. The van der Waals surface area contributed by atoms with Crippen molar-refractivity contribution in [2.24, 2.45) is 0 Å². The predicted molar refractivity (Wildman–Crippen MR) is 93.8 cm³/mol. The van der Waals surface area contributed by atoms with E-state index in [-0.39, 0.29) is 11.9 Å². The Balaban J connectivity index is 1.50. The maximum atomic E-state index is 12.3. The van der Waals surface area contributed by atoms with Gasteiger partial charge in [-0.15, -0.1) is 0 Å². The summed E-state index contributed by atoms with van der Waals surface area (Å²) in [5.74, 6) is 0.0660. The second kappa shape index (κ2) is 9.82. The molecule has 2 aliphatic rings. The monoisotopic (exact) mass is 348 g/mol. The lowest BCUT2D eigenvalue weighted by Gasteiger charge is -2.34.